The molecule has 0 aromatic rings. The number of hydrogen-bond donors (Lipinski definition) is 1. The zero-order valence-corrected chi connectivity index (χ0v) is 13.1. The predicted molar refractivity (Wildman–Crippen MR) is 81.0 cm³/mol. The van der Waals surface area contributed by atoms with Crippen LogP contribution in [0.3, 0.4) is 0 Å². The normalized spacial score (nSPS) is 19.7. The predicted octanol–water partition coefficient (Wildman–Crippen LogP) is 3.52. The third-order valence-corrected chi connectivity index (χ3v) is 4.36. The zero-order valence-electron chi connectivity index (χ0n) is 13.1. The topological polar surface area (TPSA) is 15.3 Å². The summed E-state index contributed by atoms with van der Waals surface area (Å²) in [6, 6.07) is 0. The van der Waals surface area contributed by atoms with E-state index in [1.165, 1.54) is 58.2 Å². The van der Waals surface area contributed by atoms with Crippen LogP contribution < -0.4 is 5.32 Å². The quantitative estimate of drug-likeness (QED) is 0.713. The molecule has 0 amide bonds. The van der Waals surface area contributed by atoms with E-state index in [0.717, 1.165) is 12.5 Å². The second-order valence-electron chi connectivity index (χ2n) is 6.76. The molecule has 0 aliphatic heterocycles. The molecular weight excluding hydrogens is 220 g/mol. The van der Waals surface area contributed by atoms with Gasteiger partial charge in [0.1, 0.15) is 0 Å². The fourth-order valence-corrected chi connectivity index (χ4v) is 3.21. The Labute approximate surface area is 115 Å². The Kier molecular flexibility index (Phi) is 7.25. The summed E-state index contributed by atoms with van der Waals surface area (Å²) < 4.78 is 0. The van der Waals surface area contributed by atoms with Gasteiger partial charge in [-0.3, -0.25) is 0 Å². The maximum atomic E-state index is 3.60. The summed E-state index contributed by atoms with van der Waals surface area (Å²) >= 11 is 0. The SMILES string of the molecule is CCNCC1(CN(C)CCC(C)C)CCCCC1. The largest absolute Gasteiger partial charge is 0.316 e. The molecule has 1 rings (SSSR count). The maximum absolute atomic E-state index is 3.60. The van der Waals surface area contributed by atoms with Crippen LogP contribution in [0.2, 0.25) is 0 Å². The van der Waals surface area contributed by atoms with E-state index in [-0.39, 0.29) is 0 Å². The molecule has 0 saturated heterocycles. The molecule has 0 aromatic heterocycles. The molecule has 0 aromatic carbocycles. The van der Waals surface area contributed by atoms with Crippen LogP contribution >= 0.6 is 0 Å². The van der Waals surface area contributed by atoms with Gasteiger partial charge < -0.3 is 10.2 Å². The van der Waals surface area contributed by atoms with Crippen LogP contribution in [0.5, 0.6) is 0 Å². The second kappa shape index (κ2) is 8.16. The highest BCUT2D eigenvalue weighted by molar-refractivity contribution is 4.87. The van der Waals surface area contributed by atoms with Gasteiger partial charge in [0.2, 0.25) is 0 Å². The average Bonchev–Trinajstić information content (AvgIpc) is 2.35. The third kappa shape index (κ3) is 5.71. The first-order valence-electron chi connectivity index (χ1n) is 7.97. The van der Waals surface area contributed by atoms with Crippen molar-refractivity contribution >= 4 is 0 Å². The summed E-state index contributed by atoms with van der Waals surface area (Å²) in [6.07, 6.45) is 8.49. The van der Waals surface area contributed by atoms with Gasteiger partial charge in [0.05, 0.1) is 0 Å². The fourth-order valence-electron chi connectivity index (χ4n) is 3.21. The lowest BCUT2D eigenvalue weighted by molar-refractivity contribution is 0.115. The van der Waals surface area contributed by atoms with Gasteiger partial charge in [-0.05, 0) is 50.7 Å². The van der Waals surface area contributed by atoms with Crippen LogP contribution in [0.1, 0.15) is 59.3 Å². The van der Waals surface area contributed by atoms with E-state index in [9.17, 15) is 0 Å². The molecule has 1 N–H and O–H groups in total. The van der Waals surface area contributed by atoms with E-state index in [1.807, 2.05) is 0 Å². The van der Waals surface area contributed by atoms with Crippen LogP contribution in [-0.2, 0) is 0 Å². The lowest BCUT2D eigenvalue weighted by Crippen LogP contribution is -2.44. The fraction of sp³-hybridized carbons (Fsp3) is 1.00. The molecule has 0 unspecified atom stereocenters. The monoisotopic (exact) mass is 254 g/mol. The smallest absolute Gasteiger partial charge is 0.00471 e. The standard InChI is InChI=1S/C16H34N2/c1-5-17-13-16(10-7-6-8-11-16)14-18(4)12-9-15(2)3/h15,17H,5-14H2,1-4H3. The van der Waals surface area contributed by atoms with Crippen LogP contribution in [0.15, 0.2) is 0 Å². The lowest BCUT2D eigenvalue weighted by atomic mass is 9.73. The van der Waals surface area contributed by atoms with E-state index >= 15 is 0 Å². The number of hydrogen-bond acceptors (Lipinski definition) is 2. The molecule has 2 nitrogen and oxygen atoms in total. The average molecular weight is 254 g/mol. The molecular formula is C16H34N2. The molecule has 18 heavy (non-hydrogen) atoms. The molecule has 0 spiro atoms. The van der Waals surface area contributed by atoms with E-state index < -0.39 is 0 Å². The summed E-state index contributed by atoms with van der Waals surface area (Å²) in [4.78, 5) is 2.57. The molecule has 0 radical (unpaired) electrons. The van der Waals surface area contributed by atoms with Crippen molar-refractivity contribution in [3.63, 3.8) is 0 Å². The van der Waals surface area contributed by atoms with E-state index in [2.05, 4.69) is 38.0 Å². The highest BCUT2D eigenvalue weighted by atomic mass is 15.1. The van der Waals surface area contributed by atoms with Gasteiger partial charge in [-0.2, -0.15) is 0 Å². The Morgan fingerprint density at radius 2 is 1.83 bits per heavy atom. The van der Waals surface area contributed by atoms with Gasteiger partial charge >= 0.3 is 0 Å². The summed E-state index contributed by atoms with van der Waals surface area (Å²) in [6.45, 7) is 11.7. The van der Waals surface area contributed by atoms with Crippen molar-refractivity contribution in [2.45, 2.75) is 59.3 Å². The number of rotatable bonds is 8. The molecule has 0 atom stereocenters. The van der Waals surface area contributed by atoms with E-state index in [0.29, 0.717) is 5.41 Å². The van der Waals surface area contributed by atoms with Gasteiger partial charge in [-0.15, -0.1) is 0 Å². The molecule has 1 aliphatic carbocycles. The van der Waals surface area contributed by atoms with E-state index in [4.69, 9.17) is 0 Å². The Hall–Kier alpha value is -0.0800. The minimum absolute atomic E-state index is 0.556. The molecule has 0 bridgehead atoms. The summed E-state index contributed by atoms with van der Waals surface area (Å²) in [5.74, 6) is 0.823. The van der Waals surface area contributed by atoms with Crippen molar-refractivity contribution in [3.05, 3.63) is 0 Å². The lowest BCUT2D eigenvalue weighted by Gasteiger charge is -2.40. The summed E-state index contributed by atoms with van der Waals surface area (Å²) in [5, 5.41) is 3.60. The van der Waals surface area contributed by atoms with Crippen LogP contribution in [0, 0.1) is 11.3 Å². The zero-order chi connectivity index (χ0) is 13.4. The Morgan fingerprint density at radius 3 is 2.39 bits per heavy atom. The van der Waals surface area contributed by atoms with Gasteiger partial charge in [0.25, 0.3) is 0 Å². The number of nitrogens with zero attached hydrogens (tertiary/aromatic N) is 1. The van der Waals surface area contributed by atoms with Crippen molar-refractivity contribution in [2.75, 3.05) is 33.2 Å². The minimum atomic E-state index is 0.556. The van der Waals surface area contributed by atoms with Crippen LogP contribution in [-0.4, -0.2) is 38.1 Å². The van der Waals surface area contributed by atoms with Crippen molar-refractivity contribution in [2.24, 2.45) is 11.3 Å². The summed E-state index contributed by atoms with van der Waals surface area (Å²) in [5.41, 5.74) is 0.556. The molecule has 1 aliphatic rings. The molecule has 108 valence electrons. The number of nitrogens with one attached hydrogen (secondary N) is 1. The Balaban J connectivity index is 2.44. The van der Waals surface area contributed by atoms with Crippen molar-refractivity contribution < 1.29 is 0 Å². The molecule has 0 heterocycles. The van der Waals surface area contributed by atoms with E-state index in [1.54, 1.807) is 0 Å². The first-order chi connectivity index (χ1) is 8.58. The Morgan fingerprint density at radius 1 is 1.17 bits per heavy atom. The maximum Gasteiger partial charge on any atom is 0.00471 e. The van der Waals surface area contributed by atoms with Crippen LogP contribution in [0.4, 0.5) is 0 Å². The highest BCUT2D eigenvalue weighted by Gasteiger charge is 2.32. The van der Waals surface area contributed by atoms with Gasteiger partial charge in [-0.1, -0.05) is 40.0 Å². The second-order valence-corrected chi connectivity index (χ2v) is 6.76. The third-order valence-electron chi connectivity index (χ3n) is 4.36. The van der Waals surface area contributed by atoms with Gasteiger partial charge in [0, 0.05) is 13.1 Å². The van der Waals surface area contributed by atoms with Crippen LogP contribution in [0.25, 0.3) is 0 Å². The Bertz CT molecular complexity index is 207. The summed E-state index contributed by atoms with van der Waals surface area (Å²) in [7, 11) is 2.31. The molecule has 1 saturated carbocycles. The first-order valence-corrected chi connectivity index (χ1v) is 7.97. The highest BCUT2D eigenvalue weighted by Crippen LogP contribution is 2.36. The molecule has 1 fully saturated rings. The van der Waals surface area contributed by atoms with Gasteiger partial charge in [0.15, 0.2) is 0 Å². The van der Waals surface area contributed by atoms with Crippen molar-refractivity contribution in [1.29, 1.82) is 0 Å². The first kappa shape index (κ1) is 16.0. The van der Waals surface area contributed by atoms with Crippen molar-refractivity contribution in [3.8, 4) is 0 Å². The molecule has 2 heteroatoms. The minimum Gasteiger partial charge on any atom is -0.316 e. The van der Waals surface area contributed by atoms with Gasteiger partial charge in [-0.25, -0.2) is 0 Å². The van der Waals surface area contributed by atoms with Crippen molar-refractivity contribution in [1.82, 2.24) is 10.2 Å².